The molecule has 4 aromatic rings. The van der Waals surface area contributed by atoms with E-state index >= 15 is 0 Å². The van der Waals surface area contributed by atoms with E-state index in [1.807, 2.05) is 88.4 Å². The third kappa shape index (κ3) is 18.4. The maximum Gasteiger partial charge on any atom is 0.310 e. The molecule has 0 unspecified atom stereocenters. The minimum absolute atomic E-state index is 0.0759. The Morgan fingerprint density at radius 1 is 0.759 bits per heavy atom. The van der Waals surface area contributed by atoms with Crippen LogP contribution in [0.25, 0.3) is 16.9 Å². The zero-order chi connectivity index (χ0) is 42.4. The minimum Gasteiger partial charge on any atom is -0.451 e. The van der Waals surface area contributed by atoms with E-state index in [-0.39, 0.29) is 11.5 Å². The maximum atomic E-state index is 11.4. The highest BCUT2D eigenvalue weighted by molar-refractivity contribution is 5.91. The molecule has 0 bridgehead atoms. The van der Waals surface area contributed by atoms with E-state index in [1.54, 1.807) is 29.2 Å². The number of benzene rings is 2. The van der Waals surface area contributed by atoms with E-state index in [9.17, 15) is 9.59 Å². The van der Waals surface area contributed by atoms with Crippen molar-refractivity contribution >= 4 is 17.4 Å². The number of hydrogen-bond acceptors (Lipinski definition) is 8. The van der Waals surface area contributed by atoms with E-state index in [0.717, 1.165) is 92.6 Å². The highest BCUT2D eigenvalue weighted by Crippen LogP contribution is 2.24. The first-order chi connectivity index (χ1) is 28.3. The van der Waals surface area contributed by atoms with Gasteiger partial charge >= 0.3 is 11.8 Å². The Labute approximate surface area is 344 Å². The van der Waals surface area contributed by atoms with Crippen LogP contribution in [0.5, 0.6) is 0 Å². The van der Waals surface area contributed by atoms with Crippen molar-refractivity contribution in [3.63, 3.8) is 0 Å². The van der Waals surface area contributed by atoms with Crippen LogP contribution in [-0.2, 0) is 13.0 Å². The summed E-state index contributed by atoms with van der Waals surface area (Å²) < 4.78 is 11.0. The number of hydrogen-bond donors (Lipinski definition) is 6. The Bertz CT molecular complexity index is 1930. The SMILES string of the molecule is C=CC(=CCC/C(=C\C)c1ccc(C(=O)NO)o1)CNCCCC(=C)/C=C\C=C/C.CC.O=C(NO)c1ccc(-c2cccc(CNCCCc3ccccc3)c2)o1. The predicted molar refractivity (Wildman–Crippen MR) is 236 cm³/mol. The summed E-state index contributed by atoms with van der Waals surface area (Å²) in [5.74, 6) is 0.0628. The first kappa shape index (κ1) is 48.4. The molecule has 10 heteroatoms. The van der Waals surface area contributed by atoms with Crippen molar-refractivity contribution in [1.29, 1.82) is 0 Å². The van der Waals surface area contributed by atoms with Gasteiger partial charge < -0.3 is 19.5 Å². The van der Waals surface area contributed by atoms with Gasteiger partial charge in [0.05, 0.1) is 0 Å². The summed E-state index contributed by atoms with van der Waals surface area (Å²) in [4.78, 5) is 22.8. The van der Waals surface area contributed by atoms with Crippen molar-refractivity contribution in [2.75, 3.05) is 19.6 Å². The van der Waals surface area contributed by atoms with E-state index < -0.39 is 11.8 Å². The van der Waals surface area contributed by atoms with E-state index in [1.165, 1.54) is 11.6 Å². The molecule has 310 valence electrons. The van der Waals surface area contributed by atoms with Crippen molar-refractivity contribution < 1.29 is 28.8 Å². The van der Waals surface area contributed by atoms with Gasteiger partial charge in [-0.25, -0.2) is 11.0 Å². The van der Waals surface area contributed by atoms with Crippen LogP contribution < -0.4 is 21.6 Å². The number of amides is 2. The van der Waals surface area contributed by atoms with Gasteiger partial charge in [0.25, 0.3) is 0 Å². The molecular formula is C48H62N4O6. The first-order valence-electron chi connectivity index (χ1n) is 19.9. The number of carbonyl (C=O) groups excluding carboxylic acids is 2. The lowest BCUT2D eigenvalue weighted by Gasteiger charge is -2.07. The van der Waals surface area contributed by atoms with Crippen LogP contribution in [0.3, 0.4) is 0 Å². The number of aryl methyl sites for hydroxylation is 1. The van der Waals surface area contributed by atoms with Gasteiger partial charge in [-0.1, -0.05) is 124 Å². The van der Waals surface area contributed by atoms with Gasteiger partial charge in [-0.15, -0.1) is 0 Å². The molecular weight excluding hydrogens is 729 g/mol. The number of furan rings is 2. The summed E-state index contributed by atoms with van der Waals surface area (Å²) in [5.41, 5.74) is 9.82. The van der Waals surface area contributed by atoms with Gasteiger partial charge in [-0.05, 0) is 118 Å². The largest absolute Gasteiger partial charge is 0.451 e. The number of allylic oxidation sites excluding steroid dienone is 8. The van der Waals surface area contributed by atoms with Crippen LogP contribution in [-0.4, -0.2) is 41.9 Å². The number of hydroxylamine groups is 2. The molecule has 0 saturated heterocycles. The molecule has 2 aromatic carbocycles. The molecule has 2 aromatic heterocycles. The third-order valence-corrected chi connectivity index (χ3v) is 8.63. The van der Waals surface area contributed by atoms with Gasteiger partial charge in [0.15, 0.2) is 11.5 Å². The van der Waals surface area contributed by atoms with E-state index in [4.69, 9.17) is 19.2 Å². The quantitative estimate of drug-likeness (QED) is 0.0199. The maximum absolute atomic E-state index is 11.4. The summed E-state index contributed by atoms with van der Waals surface area (Å²) in [5, 5.41) is 24.2. The third-order valence-electron chi connectivity index (χ3n) is 8.63. The predicted octanol–water partition coefficient (Wildman–Crippen LogP) is 10.6. The van der Waals surface area contributed by atoms with Crippen LogP contribution in [0.15, 0.2) is 155 Å². The molecule has 0 atom stereocenters. The Kier molecular flexibility index (Phi) is 24.6. The van der Waals surface area contributed by atoms with Crippen LogP contribution >= 0.6 is 0 Å². The second-order valence-corrected chi connectivity index (χ2v) is 12.8. The van der Waals surface area contributed by atoms with Crippen LogP contribution in [0.2, 0.25) is 0 Å². The highest BCUT2D eigenvalue weighted by Gasteiger charge is 2.13. The standard InChI is InChI=1S/C25H34N2O3.C21H22N2O3.C2H6/c1-5-8-9-12-20(4)13-11-18-26-19-21(6-2)14-10-15-22(7-3)23-16-17-24(30-23)25(28)27-29;24-21(23-25)20-12-11-19(26-20)18-10-4-8-17(14-18)15-22-13-5-9-16-6-2-1-3-7-16;1-2/h5-9,12,14,16-17,26,29H,2,4,10-11,13,15,18-19H2,1,3H3,(H,27,28);1-4,6-8,10-12,14,22,25H,5,9,13,15H2,(H,23,24);1-2H3/b8-5-,12-9-,21-14?,22-7+;;. The van der Waals surface area contributed by atoms with Crippen LogP contribution in [0, 0.1) is 0 Å². The van der Waals surface area contributed by atoms with Crippen molar-refractivity contribution in [2.45, 2.75) is 72.8 Å². The molecule has 0 fully saturated rings. The van der Waals surface area contributed by atoms with Crippen LogP contribution in [0.4, 0.5) is 0 Å². The van der Waals surface area contributed by atoms with Crippen molar-refractivity contribution in [3.8, 4) is 11.3 Å². The molecule has 6 N–H and O–H groups in total. The molecule has 2 heterocycles. The average molecular weight is 791 g/mol. The Morgan fingerprint density at radius 3 is 2.12 bits per heavy atom. The number of carbonyl (C=O) groups is 2. The fourth-order valence-electron chi connectivity index (χ4n) is 5.60. The summed E-state index contributed by atoms with van der Waals surface area (Å²) in [6, 6.07) is 25.0. The van der Waals surface area contributed by atoms with E-state index in [0.29, 0.717) is 11.5 Å². The summed E-state index contributed by atoms with van der Waals surface area (Å²) >= 11 is 0. The number of rotatable bonds is 22. The molecule has 0 aliphatic rings. The second-order valence-electron chi connectivity index (χ2n) is 12.8. The summed E-state index contributed by atoms with van der Waals surface area (Å²) in [7, 11) is 0. The Hall–Kier alpha value is -5.78. The van der Waals surface area contributed by atoms with Gasteiger partial charge in [0.2, 0.25) is 0 Å². The molecule has 10 nitrogen and oxygen atoms in total. The molecule has 0 radical (unpaired) electrons. The molecule has 2 amide bonds. The van der Waals surface area contributed by atoms with Crippen LogP contribution in [0.1, 0.15) is 97.8 Å². The van der Waals surface area contributed by atoms with E-state index in [2.05, 4.69) is 60.2 Å². The minimum atomic E-state index is -0.660. The van der Waals surface area contributed by atoms with Crippen molar-refractivity contribution in [3.05, 3.63) is 174 Å². The molecule has 58 heavy (non-hydrogen) atoms. The summed E-state index contributed by atoms with van der Waals surface area (Å²) in [6.45, 7) is 19.3. The lowest BCUT2D eigenvalue weighted by Crippen LogP contribution is -2.17. The van der Waals surface area contributed by atoms with Gasteiger partial charge in [0, 0.05) is 18.7 Å². The molecule has 4 rings (SSSR count). The molecule has 0 aliphatic carbocycles. The highest BCUT2D eigenvalue weighted by atomic mass is 16.5. The number of nitrogens with one attached hydrogen (secondary N) is 4. The fraction of sp³-hybridized carbons (Fsp3) is 0.292. The van der Waals surface area contributed by atoms with Gasteiger partial charge in [-0.3, -0.25) is 20.0 Å². The van der Waals surface area contributed by atoms with Crippen molar-refractivity contribution in [2.24, 2.45) is 0 Å². The second kappa shape index (κ2) is 29.5. The summed E-state index contributed by atoms with van der Waals surface area (Å²) in [6.07, 6.45) is 19.8. The zero-order valence-corrected chi connectivity index (χ0v) is 34.6. The zero-order valence-electron chi connectivity index (χ0n) is 34.6. The molecule has 0 spiro atoms. The van der Waals surface area contributed by atoms with Gasteiger partial charge in [0.1, 0.15) is 11.5 Å². The normalized spacial score (nSPS) is 11.4. The Morgan fingerprint density at radius 2 is 1.43 bits per heavy atom. The smallest absolute Gasteiger partial charge is 0.310 e. The van der Waals surface area contributed by atoms with Gasteiger partial charge in [-0.2, -0.15) is 0 Å². The molecule has 0 aliphatic heterocycles. The van der Waals surface area contributed by atoms with Crippen molar-refractivity contribution in [1.82, 2.24) is 21.6 Å². The molecule has 0 saturated carbocycles. The fourth-order valence-corrected chi connectivity index (χ4v) is 5.60. The first-order valence-corrected chi connectivity index (χ1v) is 19.9. The topological polar surface area (TPSA) is 149 Å². The average Bonchev–Trinajstić information content (AvgIpc) is 3.97. The lowest BCUT2D eigenvalue weighted by atomic mass is 10.1. The monoisotopic (exact) mass is 790 g/mol. The Balaban J connectivity index is 0.000000386. The lowest BCUT2D eigenvalue weighted by molar-refractivity contribution is 0.0672.